The fourth-order valence-corrected chi connectivity index (χ4v) is 2.49. The first-order valence-corrected chi connectivity index (χ1v) is 7.60. The first-order valence-electron chi connectivity index (χ1n) is 6.81. The van der Waals surface area contributed by atoms with Crippen LogP contribution in [0.25, 0.3) is 0 Å². The van der Waals surface area contributed by atoms with Crippen molar-refractivity contribution in [1.29, 1.82) is 0 Å². The van der Waals surface area contributed by atoms with Gasteiger partial charge in [0.2, 0.25) is 0 Å². The van der Waals surface area contributed by atoms with Crippen LogP contribution in [0.1, 0.15) is 24.1 Å². The lowest BCUT2D eigenvalue weighted by atomic mass is 10.1. The van der Waals surface area contributed by atoms with Gasteiger partial charge in [-0.2, -0.15) is 0 Å². The molecule has 2 nitrogen and oxygen atoms in total. The number of nitrogens with zero attached hydrogens (tertiary/aromatic N) is 1. The lowest BCUT2D eigenvalue weighted by Gasteiger charge is -2.16. The Bertz CT molecular complexity index is 549. The second-order valence-electron chi connectivity index (χ2n) is 5.22. The quantitative estimate of drug-likeness (QED) is 0.874. The number of benzene rings is 2. The second kappa shape index (κ2) is 6.91. The number of hydrogen-bond acceptors (Lipinski definition) is 2. The van der Waals surface area contributed by atoms with E-state index >= 15 is 0 Å². The van der Waals surface area contributed by atoms with Crippen molar-refractivity contribution in [3.8, 4) is 0 Å². The van der Waals surface area contributed by atoms with Crippen LogP contribution in [-0.4, -0.2) is 14.1 Å². The second-order valence-corrected chi connectivity index (χ2v) is 6.13. The number of halogens is 1. The maximum atomic E-state index is 3.56. The molecular weight excluding hydrogens is 312 g/mol. The molecule has 20 heavy (non-hydrogen) atoms. The van der Waals surface area contributed by atoms with E-state index in [0.717, 1.165) is 11.0 Å². The Morgan fingerprint density at radius 1 is 1.10 bits per heavy atom. The van der Waals surface area contributed by atoms with Gasteiger partial charge in [0.25, 0.3) is 0 Å². The summed E-state index contributed by atoms with van der Waals surface area (Å²) in [6.07, 6.45) is 0. The summed E-state index contributed by atoms with van der Waals surface area (Å²) in [6, 6.07) is 17.4. The fourth-order valence-electron chi connectivity index (χ4n) is 2.08. The molecule has 2 aromatic rings. The van der Waals surface area contributed by atoms with Crippen LogP contribution in [0.3, 0.4) is 0 Å². The van der Waals surface area contributed by atoms with Crippen LogP contribution in [0, 0.1) is 0 Å². The van der Waals surface area contributed by atoms with E-state index in [1.807, 2.05) is 0 Å². The lowest BCUT2D eigenvalue weighted by molar-refractivity contribution is 0.574. The smallest absolute Gasteiger partial charge is 0.0361 e. The summed E-state index contributed by atoms with van der Waals surface area (Å²) >= 11 is 3.52. The van der Waals surface area contributed by atoms with Crippen LogP contribution in [0.5, 0.6) is 0 Å². The highest BCUT2D eigenvalue weighted by atomic mass is 79.9. The van der Waals surface area contributed by atoms with E-state index in [-0.39, 0.29) is 0 Å². The van der Waals surface area contributed by atoms with Gasteiger partial charge in [0, 0.05) is 36.8 Å². The van der Waals surface area contributed by atoms with Crippen LogP contribution in [0.2, 0.25) is 0 Å². The molecule has 0 bridgehead atoms. The predicted molar refractivity (Wildman–Crippen MR) is 90.2 cm³/mol. The number of nitrogens with one attached hydrogen (secondary N) is 1. The van der Waals surface area contributed by atoms with Crippen molar-refractivity contribution in [2.24, 2.45) is 0 Å². The molecule has 0 aliphatic carbocycles. The Hall–Kier alpha value is -1.32. The highest BCUT2D eigenvalue weighted by molar-refractivity contribution is 9.10. The van der Waals surface area contributed by atoms with Gasteiger partial charge in [0.1, 0.15) is 0 Å². The molecule has 0 spiro atoms. The largest absolute Gasteiger partial charge is 0.378 e. The zero-order valence-corrected chi connectivity index (χ0v) is 13.8. The molecule has 0 radical (unpaired) electrons. The van der Waals surface area contributed by atoms with Gasteiger partial charge in [-0.25, -0.2) is 0 Å². The third-order valence-corrected chi connectivity index (χ3v) is 3.91. The molecule has 1 atom stereocenters. The van der Waals surface area contributed by atoms with Crippen LogP contribution in [0.15, 0.2) is 53.0 Å². The van der Waals surface area contributed by atoms with E-state index in [2.05, 4.69) is 95.7 Å². The molecule has 0 saturated heterocycles. The first-order chi connectivity index (χ1) is 9.56. The molecule has 0 amide bonds. The summed E-state index contributed by atoms with van der Waals surface area (Å²) in [5, 5.41) is 3.56. The molecule has 2 aromatic carbocycles. The van der Waals surface area contributed by atoms with Gasteiger partial charge in [-0.15, -0.1) is 0 Å². The van der Waals surface area contributed by atoms with E-state index in [1.165, 1.54) is 16.8 Å². The van der Waals surface area contributed by atoms with E-state index in [1.54, 1.807) is 0 Å². The third-order valence-electron chi connectivity index (χ3n) is 3.41. The van der Waals surface area contributed by atoms with Crippen molar-refractivity contribution in [2.45, 2.75) is 19.5 Å². The Morgan fingerprint density at radius 2 is 1.80 bits per heavy atom. The molecule has 106 valence electrons. The highest BCUT2D eigenvalue weighted by Crippen LogP contribution is 2.18. The van der Waals surface area contributed by atoms with E-state index in [4.69, 9.17) is 0 Å². The molecule has 1 N–H and O–H groups in total. The average molecular weight is 333 g/mol. The molecule has 0 aliphatic rings. The molecular formula is C17H21BrN2. The normalized spacial score (nSPS) is 12.2. The van der Waals surface area contributed by atoms with Crippen LogP contribution < -0.4 is 10.2 Å². The summed E-state index contributed by atoms with van der Waals surface area (Å²) < 4.78 is 1.12. The summed E-state index contributed by atoms with van der Waals surface area (Å²) in [4.78, 5) is 2.11. The zero-order chi connectivity index (χ0) is 14.5. The van der Waals surface area contributed by atoms with Gasteiger partial charge >= 0.3 is 0 Å². The Labute approximate surface area is 129 Å². The highest BCUT2D eigenvalue weighted by Gasteiger charge is 2.05. The Morgan fingerprint density at radius 3 is 2.40 bits per heavy atom. The molecule has 0 fully saturated rings. The summed E-state index contributed by atoms with van der Waals surface area (Å²) in [7, 11) is 4.12. The van der Waals surface area contributed by atoms with Crippen molar-refractivity contribution < 1.29 is 0 Å². The van der Waals surface area contributed by atoms with Gasteiger partial charge in [-0.1, -0.05) is 40.2 Å². The lowest BCUT2D eigenvalue weighted by Crippen LogP contribution is -2.18. The Kier molecular flexibility index (Phi) is 5.21. The fraction of sp³-hybridized carbons (Fsp3) is 0.294. The van der Waals surface area contributed by atoms with Crippen LogP contribution in [0.4, 0.5) is 5.69 Å². The van der Waals surface area contributed by atoms with E-state index in [0.29, 0.717) is 6.04 Å². The van der Waals surface area contributed by atoms with Crippen molar-refractivity contribution in [3.05, 3.63) is 64.1 Å². The summed E-state index contributed by atoms with van der Waals surface area (Å²) in [5.74, 6) is 0. The maximum absolute atomic E-state index is 3.56. The number of hydrogen-bond donors (Lipinski definition) is 1. The molecule has 3 heteroatoms. The topological polar surface area (TPSA) is 15.3 Å². The first kappa shape index (κ1) is 15.1. The Balaban J connectivity index is 1.94. The SMILES string of the molecule is C[C@@H](NCc1ccc(N(C)C)cc1)c1cccc(Br)c1. The van der Waals surface area contributed by atoms with E-state index < -0.39 is 0 Å². The van der Waals surface area contributed by atoms with Crippen LogP contribution in [-0.2, 0) is 6.54 Å². The minimum atomic E-state index is 0.334. The van der Waals surface area contributed by atoms with Gasteiger partial charge in [0.15, 0.2) is 0 Å². The molecule has 0 unspecified atom stereocenters. The monoisotopic (exact) mass is 332 g/mol. The van der Waals surface area contributed by atoms with Crippen molar-refractivity contribution in [2.75, 3.05) is 19.0 Å². The minimum Gasteiger partial charge on any atom is -0.378 e. The molecule has 0 heterocycles. The minimum absolute atomic E-state index is 0.334. The number of rotatable bonds is 5. The van der Waals surface area contributed by atoms with Gasteiger partial charge in [0.05, 0.1) is 0 Å². The predicted octanol–water partition coefficient (Wildman–Crippen LogP) is 4.37. The van der Waals surface area contributed by atoms with E-state index in [9.17, 15) is 0 Å². The number of anilines is 1. The summed E-state index contributed by atoms with van der Waals surface area (Å²) in [5.41, 5.74) is 3.83. The van der Waals surface area contributed by atoms with Crippen LogP contribution >= 0.6 is 15.9 Å². The molecule has 0 saturated carbocycles. The molecule has 2 rings (SSSR count). The van der Waals surface area contributed by atoms with Gasteiger partial charge in [-0.3, -0.25) is 0 Å². The zero-order valence-electron chi connectivity index (χ0n) is 12.2. The molecule has 0 aliphatic heterocycles. The van der Waals surface area contributed by atoms with Crippen molar-refractivity contribution in [1.82, 2.24) is 5.32 Å². The average Bonchev–Trinajstić information content (AvgIpc) is 2.45. The summed E-state index contributed by atoms with van der Waals surface area (Å²) in [6.45, 7) is 3.07. The van der Waals surface area contributed by atoms with Crippen molar-refractivity contribution in [3.63, 3.8) is 0 Å². The standard InChI is InChI=1S/C17H21BrN2/c1-13(15-5-4-6-16(18)11-15)19-12-14-7-9-17(10-8-14)20(2)3/h4-11,13,19H,12H2,1-3H3/t13-/m1/s1. The molecule has 0 aromatic heterocycles. The maximum Gasteiger partial charge on any atom is 0.0361 e. The van der Waals surface area contributed by atoms with Gasteiger partial charge in [-0.05, 0) is 42.3 Å². The van der Waals surface area contributed by atoms with Crippen molar-refractivity contribution >= 4 is 21.6 Å². The van der Waals surface area contributed by atoms with Gasteiger partial charge < -0.3 is 10.2 Å². The third kappa shape index (κ3) is 4.09.